The lowest BCUT2D eigenvalue weighted by molar-refractivity contribution is 0.0692. The maximum absolute atomic E-state index is 10.9. The molecule has 0 aromatic heterocycles. The normalized spacial score (nSPS) is 12.1. The van der Waals surface area contributed by atoms with E-state index in [-0.39, 0.29) is 5.56 Å². The molecule has 0 saturated carbocycles. The first-order valence-electron chi connectivity index (χ1n) is 6.10. The van der Waals surface area contributed by atoms with Crippen LogP contribution in [0.1, 0.15) is 43.5 Å². The van der Waals surface area contributed by atoms with Crippen molar-refractivity contribution in [2.45, 2.75) is 33.1 Å². The zero-order valence-electron chi connectivity index (χ0n) is 10.5. The van der Waals surface area contributed by atoms with Gasteiger partial charge in [0, 0.05) is 0 Å². The first-order valence-corrected chi connectivity index (χ1v) is 6.10. The van der Waals surface area contributed by atoms with Crippen molar-refractivity contribution in [1.82, 2.24) is 0 Å². The number of hydrogen-bond donors (Lipinski definition) is 1. The van der Waals surface area contributed by atoms with Crippen LogP contribution in [-0.2, 0) is 0 Å². The van der Waals surface area contributed by atoms with Gasteiger partial charge in [-0.05, 0) is 30.9 Å². The lowest BCUT2D eigenvalue weighted by Gasteiger charge is -2.10. The molecule has 3 heteroatoms. The van der Waals surface area contributed by atoms with Gasteiger partial charge in [0.25, 0.3) is 0 Å². The van der Waals surface area contributed by atoms with Crippen molar-refractivity contribution >= 4 is 5.97 Å². The van der Waals surface area contributed by atoms with Crippen molar-refractivity contribution in [1.29, 1.82) is 0 Å². The standard InChI is InChI=1S/C14H20O3/c1-3-11(2)7-6-10-17-13-9-5-4-8-12(13)14(15)16/h4-5,8-9,11H,3,6-7,10H2,1-2H3,(H,15,16). The van der Waals surface area contributed by atoms with Crippen LogP contribution < -0.4 is 4.74 Å². The van der Waals surface area contributed by atoms with Crippen LogP contribution in [0.3, 0.4) is 0 Å². The molecule has 3 nitrogen and oxygen atoms in total. The van der Waals surface area contributed by atoms with E-state index >= 15 is 0 Å². The van der Waals surface area contributed by atoms with Crippen LogP contribution in [0, 0.1) is 5.92 Å². The number of carboxylic acids is 1. The van der Waals surface area contributed by atoms with Gasteiger partial charge >= 0.3 is 5.97 Å². The van der Waals surface area contributed by atoms with Crippen molar-refractivity contribution in [2.75, 3.05) is 6.61 Å². The Labute approximate surface area is 102 Å². The summed E-state index contributed by atoms with van der Waals surface area (Å²) in [4.78, 5) is 10.9. The van der Waals surface area contributed by atoms with E-state index in [0.29, 0.717) is 18.3 Å². The first-order chi connectivity index (χ1) is 8.15. The molecule has 1 unspecified atom stereocenters. The molecule has 0 bridgehead atoms. The van der Waals surface area contributed by atoms with Gasteiger partial charge in [-0.2, -0.15) is 0 Å². The van der Waals surface area contributed by atoms with Crippen molar-refractivity contribution in [2.24, 2.45) is 5.92 Å². The molecular weight excluding hydrogens is 216 g/mol. The molecule has 1 rings (SSSR count). The van der Waals surface area contributed by atoms with E-state index in [2.05, 4.69) is 13.8 Å². The summed E-state index contributed by atoms with van der Waals surface area (Å²) in [6.07, 6.45) is 3.25. The fourth-order valence-electron chi connectivity index (χ4n) is 1.59. The van der Waals surface area contributed by atoms with Crippen molar-refractivity contribution in [3.05, 3.63) is 29.8 Å². The molecular formula is C14H20O3. The van der Waals surface area contributed by atoms with E-state index < -0.39 is 5.97 Å². The molecule has 0 heterocycles. The summed E-state index contributed by atoms with van der Waals surface area (Å²) in [5.41, 5.74) is 0.232. The van der Waals surface area contributed by atoms with Crippen LogP contribution in [0.15, 0.2) is 24.3 Å². The minimum absolute atomic E-state index is 0.232. The van der Waals surface area contributed by atoms with Crippen LogP contribution >= 0.6 is 0 Å². The SMILES string of the molecule is CCC(C)CCCOc1ccccc1C(=O)O. The second-order valence-electron chi connectivity index (χ2n) is 4.31. The van der Waals surface area contributed by atoms with Crippen molar-refractivity contribution in [3.8, 4) is 5.75 Å². The van der Waals surface area contributed by atoms with E-state index in [1.807, 2.05) is 0 Å². The van der Waals surface area contributed by atoms with Gasteiger partial charge in [-0.3, -0.25) is 0 Å². The van der Waals surface area contributed by atoms with E-state index in [1.165, 1.54) is 6.42 Å². The average Bonchev–Trinajstić information content (AvgIpc) is 2.34. The molecule has 0 aliphatic rings. The zero-order chi connectivity index (χ0) is 12.7. The molecule has 1 atom stereocenters. The summed E-state index contributed by atoms with van der Waals surface area (Å²) in [5.74, 6) is 0.222. The van der Waals surface area contributed by atoms with E-state index in [0.717, 1.165) is 12.8 Å². The van der Waals surface area contributed by atoms with Gasteiger partial charge in [0.1, 0.15) is 11.3 Å². The number of ether oxygens (including phenoxy) is 1. The molecule has 0 spiro atoms. The number of carboxylic acid groups (broad SMARTS) is 1. The van der Waals surface area contributed by atoms with Crippen LogP contribution in [0.4, 0.5) is 0 Å². The van der Waals surface area contributed by atoms with E-state index in [9.17, 15) is 4.79 Å². The lowest BCUT2D eigenvalue weighted by atomic mass is 10.0. The second kappa shape index (κ2) is 6.94. The smallest absolute Gasteiger partial charge is 0.339 e. The number of para-hydroxylation sites is 1. The topological polar surface area (TPSA) is 46.5 Å². The highest BCUT2D eigenvalue weighted by Gasteiger charge is 2.09. The quantitative estimate of drug-likeness (QED) is 0.736. The minimum Gasteiger partial charge on any atom is -0.493 e. The summed E-state index contributed by atoms with van der Waals surface area (Å²) >= 11 is 0. The second-order valence-corrected chi connectivity index (χ2v) is 4.31. The Balaban J connectivity index is 2.44. The predicted octanol–water partition coefficient (Wildman–Crippen LogP) is 3.59. The molecule has 1 aromatic carbocycles. The fourth-order valence-corrected chi connectivity index (χ4v) is 1.59. The third kappa shape index (κ3) is 4.47. The van der Waals surface area contributed by atoms with Crippen molar-refractivity contribution < 1.29 is 14.6 Å². The largest absolute Gasteiger partial charge is 0.493 e. The van der Waals surface area contributed by atoms with E-state index in [1.54, 1.807) is 24.3 Å². The van der Waals surface area contributed by atoms with Gasteiger partial charge in [-0.25, -0.2) is 4.79 Å². The Morgan fingerprint density at radius 2 is 2.12 bits per heavy atom. The summed E-state index contributed by atoms with van der Waals surface area (Å²) in [6, 6.07) is 6.75. The number of hydrogen-bond acceptors (Lipinski definition) is 2. The molecule has 0 aliphatic carbocycles. The third-order valence-electron chi connectivity index (χ3n) is 2.91. The first kappa shape index (κ1) is 13.6. The Morgan fingerprint density at radius 3 is 2.76 bits per heavy atom. The van der Waals surface area contributed by atoms with Gasteiger partial charge in [0.05, 0.1) is 6.61 Å². The zero-order valence-corrected chi connectivity index (χ0v) is 10.5. The molecule has 94 valence electrons. The Hall–Kier alpha value is -1.51. The number of carbonyl (C=O) groups is 1. The van der Waals surface area contributed by atoms with Crippen LogP contribution in [-0.4, -0.2) is 17.7 Å². The van der Waals surface area contributed by atoms with Gasteiger partial charge in [0.2, 0.25) is 0 Å². The van der Waals surface area contributed by atoms with Gasteiger partial charge < -0.3 is 9.84 Å². The highest BCUT2D eigenvalue weighted by molar-refractivity contribution is 5.90. The fraction of sp³-hybridized carbons (Fsp3) is 0.500. The molecule has 1 aromatic rings. The maximum atomic E-state index is 10.9. The molecule has 0 saturated heterocycles. The predicted molar refractivity (Wildman–Crippen MR) is 67.6 cm³/mol. The van der Waals surface area contributed by atoms with Crippen LogP contribution in [0.25, 0.3) is 0 Å². The Bertz CT molecular complexity index is 360. The molecule has 0 aliphatic heterocycles. The highest BCUT2D eigenvalue weighted by Crippen LogP contribution is 2.18. The third-order valence-corrected chi connectivity index (χ3v) is 2.91. The summed E-state index contributed by atoms with van der Waals surface area (Å²) in [5, 5.41) is 8.97. The number of benzene rings is 1. The molecule has 17 heavy (non-hydrogen) atoms. The number of aromatic carboxylic acids is 1. The molecule has 0 fully saturated rings. The number of rotatable bonds is 7. The van der Waals surface area contributed by atoms with E-state index in [4.69, 9.17) is 9.84 Å². The summed E-state index contributed by atoms with van der Waals surface area (Å²) < 4.78 is 5.51. The Kier molecular flexibility index (Phi) is 5.53. The van der Waals surface area contributed by atoms with Gasteiger partial charge in [-0.1, -0.05) is 32.4 Å². The monoisotopic (exact) mass is 236 g/mol. The van der Waals surface area contributed by atoms with Gasteiger partial charge in [-0.15, -0.1) is 0 Å². The van der Waals surface area contributed by atoms with Gasteiger partial charge in [0.15, 0.2) is 0 Å². The maximum Gasteiger partial charge on any atom is 0.339 e. The summed E-state index contributed by atoms with van der Waals surface area (Å²) in [7, 11) is 0. The van der Waals surface area contributed by atoms with Crippen LogP contribution in [0.2, 0.25) is 0 Å². The highest BCUT2D eigenvalue weighted by atomic mass is 16.5. The average molecular weight is 236 g/mol. The van der Waals surface area contributed by atoms with Crippen LogP contribution in [0.5, 0.6) is 5.75 Å². The molecule has 0 amide bonds. The summed E-state index contributed by atoms with van der Waals surface area (Å²) in [6.45, 7) is 4.96. The minimum atomic E-state index is -0.942. The molecule has 0 radical (unpaired) electrons. The lowest BCUT2D eigenvalue weighted by Crippen LogP contribution is -2.05. The van der Waals surface area contributed by atoms with Crippen molar-refractivity contribution in [3.63, 3.8) is 0 Å². The Morgan fingerprint density at radius 1 is 1.41 bits per heavy atom. The molecule has 1 N–H and O–H groups in total.